The van der Waals surface area contributed by atoms with Crippen LogP contribution in [0.25, 0.3) is 0 Å². The molecule has 0 unspecified atom stereocenters. The first-order chi connectivity index (χ1) is 11.8. The molecule has 0 amide bonds. The SMILES string of the molecule is CCCCO[C@@H]1[C@@H](OC(C)=O)[C@H](O)O[C@H](COC(C)=O)[C@H]1OC(C)=O. The van der Waals surface area contributed by atoms with Crippen LogP contribution in [-0.2, 0) is 38.1 Å². The lowest BCUT2D eigenvalue weighted by atomic mass is 9.98. The first kappa shape index (κ1) is 21.3. The van der Waals surface area contributed by atoms with Crippen molar-refractivity contribution in [2.24, 2.45) is 0 Å². The molecule has 0 spiro atoms. The van der Waals surface area contributed by atoms with Gasteiger partial charge in [-0.1, -0.05) is 13.3 Å². The first-order valence-corrected chi connectivity index (χ1v) is 8.19. The second-order valence-corrected chi connectivity index (χ2v) is 5.70. The molecule has 1 aliphatic heterocycles. The van der Waals surface area contributed by atoms with E-state index in [4.69, 9.17) is 23.7 Å². The fourth-order valence-electron chi connectivity index (χ4n) is 2.43. The van der Waals surface area contributed by atoms with Gasteiger partial charge in [0.05, 0.1) is 0 Å². The maximum atomic E-state index is 11.5. The van der Waals surface area contributed by atoms with Crippen LogP contribution in [0.3, 0.4) is 0 Å². The van der Waals surface area contributed by atoms with Crippen LogP contribution in [0, 0.1) is 0 Å². The highest BCUT2D eigenvalue weighted by Gasteiger charge is 2.50. The van der Waals surface area contributed by atoms with Gasteiger partial charge in [0, 0.05) is 27.4 Å². The Bertz CT molecular complexity index is 465. The molecule has 9 heteroatoms. The van der Waals surface area contributed by atoms with Crippen molar-refractivity contribution in [3.05, 3.63) is 0 Å². The van der Waals surface area contributed by atoms with E-state index in [1.807, 2.05) is 6.92 Å². The van der Waals surface area contributed by atoms with Crippen molar-refractivity contribution >= 4 is 17.9 Å². The van der Waals surface area contributed by atoms with Gasteiger partial charge in [0.25, 0.3) is 0 Å². The summed E-state index contributed by atoms with van der Waals surface area (Å²) in [7, 11) is 0. The summed E-state index contributed by atoms with van der Waals surface area (Å²) < 4.78 is 26.3. The van der Waals surface area contributed by atoms with Gasteiger partial charge in [0.15, 0.2) is 18.5 Å². The van der Waals surface area contributed by atoms with Gasteiger partial charge in [-0.15, -0.1) is 0 Å². The van der Waals surface area contributed by atoms with E-state index in [9.17, 15) is 19.5 Å². The molecule has 1 rings (SSSR count). The molecule has 0 saturated carbocycles. The van der Waals surface area contributed by atoms with Crippen LogP contribution in [0.2, 0.25) is 0 Å². The number of aliphatic hydroxyl groups is 1. The number of rotatable bonds is 8. The lowest BCUT2D eigenvalue weighted by Gasteiger charge is -2.43. The second-order valence-electron chi connectivity index (χ2n) is 5.70. The number of ether oxygens (including phenoxy) is 5. The number of unbranched alkanes of at least 4 members (excludes halogenated alkanes) is 1. The van der Waals surface area contributed by atoms with Gasteiger partial charge in [0.2, 0.25) is 0 Å². The summed E-state index contributed by atoms with van der Waals surface area (Å²) in [5.74, 6) is -1.80. The highest BCUT2D eigenvalue weighted by molar-refractivity contribution is 5.67. The summed E-state index contributed by atoms with van der Waals surface area (Å²) in [5, 5.41) is 10.2. The van der Waals surface area contributed by atoms with E-state index in [2.05, 4.69) is 0 Å². The minimum absolute atomic E-state index is 0.245. The maximum Gasteiger partial charge on any atom is 0.303 e. The number of carbonyl (C=O) groups excluding carboxylic acids is 3. The van der Waals surface area contributed by atoms with Crippen LogP contribution >= 0.6 is 0 Å². The zero-order valence-electron chi connectivity index (χ0n) is 14.9. The van der Waals surface area contributed by atoms with Crippen molar-refractivity contribution < 1.29 is 43.2 Å². The third kappa shape index (κ3) is 6.97. The van der Waals surface area contributed by atoms with Crippen LogP contribution in [-0.4, -0.2) is 66.9 Å². The highest BCUT2D eigenvalue weighted by Crippen LogP contribution is 2.28. The number of aliphatic hydroxyl groups excluding tert-OH is 1. The van der Waals surface area contributed by atoms with Crippen molar-refractivity contribution in [1.29, 1.82) is 0 Å². The van der Waals surface area contributed by atoms with Crippen LogP contribution in [0.5, 0.6) is 0 Å². The topological polar surface area (TPSA) is 118 Å². The summed E-state index contributed by atoms with van der Waals surface area (Å²) in [6, 6.07) is 0. The van der Waals surface area contributed by atoms with Gasteiger partial charge >= 0.3 is 17.9 Å². The lowest BCUT2D eigenvalue weighted by molar-refractivity contribution is -0.300. The van der Waals surface area contributed by atoms with E-state index < -0.39 is 48.6 Å². The van der Waals surface area contributed by atoms with E-state index >= 15 is 0 Å². The number of hydrogen-bond donors (Lipinski definition) is 1. The second kappa shape index (κ2) is 10.3. The summed E-state index contributed by atoms with van der Waals surface area (Å²) in [5.41, 5.74) is 0. The maximum absolute atomic E-state index is 11.5. The van der Waals surface area contributed by atoms with E-state index in [1.165, 1.54) is 20.8 Å². The molecule has 0 aliphatic carbocycles. The molecule has 0 bridgehead atoms. The van der Waals surface area contributed by atoms with Crippen molar-refractivity contribution in [3.8, 4) is 0 Å². The number of carbonyl (C=O) groups is 3. The monoisotopic (exact) mass is 362 g/mol. The standard InChI is InChI=1S/C16H26O9/c1-5-6-7-21-14-13(23-10(3)18)12(8-22-9(2)17)25-16(20)15(14)24-11(4)19/h12-16,20H,5-8H2,1-4H3/t12-,13-,14+,15-,16-/m1/s1. The Morgan fingerprint density at radius 1 is 0.960 bits per heavy atom. The Balaban J connectivity index is 3.02. The zero-order chi connectivity index (χ0) is 19.0. The van der Waals surface area contributed by atoms with Crippen LogP contribution < -0.4 is 0 Å². The Labute approximate surface area is 146 Å². The third-order valence-corrected chi connectivity index (χ3v) is 3.47. The largest absolute Gasteiger partial charge is 0.463 e. The van der Waals surface area contributed by atoms with Gasteiger partial charge < -0.3 is 28.8 Å². The van der Waals surface area contributed by atoms with Gasteiger partial charge in [-0.2, -0.15) is 0 Å². The molecule has 0 aromatic heterocycles. The molecule has 1 N–H and O–H groups in total. The quantitative estimate of drug-likeness (QED) is 0.370. The Morgan fingerprint density at radius 3 is 2.08 bits per heavy atom. The lowest BCUT2D eigenvalue weighted by Crippen LogP contribution is -2.62. The molecule has 0 radical (unpaired) electrons. The molecule has 1 fully saturated rings. The first-order valence-electron chi connectivity index (χ1n) is 8.19. The Kier molecular flexibility index (Phi) is 8.81. The minimum atomic E-state index is -1.51. The number of hydrogen-bond acceptors (Lipinski definition) is 9. The van der Waals surface area contributed by atoms with Crippen LogP contribution in [0.15, 0.2) is 0 Å². The van der Waals surface area contributed by atoms with E-state index in [0.29, 0.717) is 6.61 Å². The molecule has 1 aliphatic rings. The molecule has 1 saturated heterocycles. The van der Waals surface area contributed by atoms with Crippen molar-refractivity contribution in [1.82, 2.24) is 0 Å². The van der Waals surface area contributed by atoms with Gasteiger partial charge in [-0.05, 0) is 6.42 Å². The molecular formula is C16H26O9. The minimum Gasteiger partial charge on any atom is -0.463 e. The summed E-state index contributed by atoms with van der Waals surface area (Å²) in [6.07, 6.45) is -4.03. The Morgan fingerprint density at radius 2 is 1.56 bits per heavy atom. The molecule has 144 valence electrons. The zero-order valence-corrected chi connectivity index (χ0v) is 14.9. The molecule has 0 aromatic rings. The van der Waals surface area contributed by atoms with E-state index in [-0.39, 0.29) is 6.61 Å². The van der Waals surface area contributed by atoms with Crippen LogP contribution in [0.4, 0.5) is 0 Å². The molecule has 5 atom stereocenters. The molecule has 1 heterocycles. The predicted molar refractivity (Wildman–Crippen MR) is 83.3 cm³/mol. The third-order valence-electron chi connectivity index (χ3n) is 3.47. The van der Waals surface area contributed by atoms with Gasteiger partial charge in [-0.3, -0.25) is 14.4 Å². The molecular weight excluding hydrogens is 336 g/mol. The van der Waals surface area contributed by atoms with Gasteiger partial charge in [0.1, 0.15) is 18.8 Å². The van der Waals surface area contributed by atoms with Crippen LogP contribution in [0.1, 0.15) is 40.5 Å². The molecule has 0 aromatic carbocycles. The molecule has 25 heavy (non-hydrogen) atoms. The fourth-order valence-corrected chi connectivity index (χ4v) is 2.43. The smallest absolute Gasteiger partial charge is 0.303 e. The summed E-state index contributed by atoms with van der Waals surface area (Å²) in [6.45, 7) is 5.64. The van der Waals surface area contributed by atoms with Crippen molar-refractivity contribution in [3.63, 3.8) is 0 Å². The Hall–Kier alpha value is -1.71. The van der Waals surface area contributed by atoms with Crippen molar-refractivity contribution in [2.75, 3.05) is 13.2 Å². The normalized spacial score (nSPS) is 28.9. The fraction of sp³-hybridized carbons (Fsp3) is 0.812. The van der Waals surface area contributed by atoms with E-state index in [1.54, 1.807) is 0 Å². The average Bonchev–Trinajstić information content (AvgIpc) is 2.50. The predicted octanol–water partition coefficient (Wildman–Crippen LogP) is 0.315. The molecule has 9 nitrogen and oxygen atoms in total. The summed E-state index contributed by atoms with van der Waals surface area (Å²) >= 11 is 0. The summed E-state index contributed by atoms with van der Waals surface area (Å²) in [4.78, 5) is 33.9. The average molecular weight is 362 g/mol. The number of esters is 3. The van der Waals surface area contributed by atoms with Crippen molar-refractivity contribution in [2.45, 2.75) is 71.2 Å². The van der Waals surface area contributed by atoms with E-state index in [0.717, 1.165) is 12.8 Å². The van der Waals surface area contributed by atoms with Gasteiger partial charge in [-0.25, -0.2) is 0 Å². The highest BCUT2D eigenvalue weighted by atomic mass is 16.7.